The van der Waals surface area contributed by atoms with Gasteiger partial charge in [0.05, 0.1) is 17.4 Å². The lowest BCUT2D eigenvalue weighted by Gasteiger charge is -2.18. The molecule has 1 N–H and O–H groups in total. The Kier molecular flexibility index (Phi) is 6.37. The molecule has 5 heteroatoms. The van der Waals surface area contributed by atoms with Gasteiger partial charge in [-0.2, -0.15) is 0 Å². The number of hydrogen-bond donors (Lipinski definition) is 1. The normalized spacial score (nSPS) is 10.7. The molecule has 0 aliphatic rings. The summed E-state index contributed by atoms with van der Waals surface area (Å²) in [7, 11) is 1.82. The highest BCUT2D eigenvalue weighted by Gasteiger charge is 2.13. The molecule has 0 aliphatic carbocycles. The molecule has 0 fully saturated rings. The summed E-state index contributed by atoms with van der Waals surface area (Å²) in [6, 6.07) is 14.0. The van der Waals surface area contributed by atoms with Crippen LogP contribution < -0.4 is 5.32 Å². The van der Waals surface area contributed by atoms with Gasteiger partial charge >= 0.3 is 0 Å². The number of carbonyl (C=O) groups is 1. The fourth-order valence-electron chi connectivity index (χ4n) is 3.06. The molecule has 0 atom stereocenters. The van der Waals surface area contributed by atoms with E-state index in [-0.39, 0.29) is 5.91 Å². The van der Waals surface area contributed by atoms with Crippen LogP contribution in [0.25, 0.3) is 0 Å². The molecule has 0 saturated heterocycles. The molecule has 0 aliphatic heterocycles. The zero-order valence-corrected chi connectivity index (χ0v) is 16.6. The minimum atomic E-state index is -0.0395. The second-order valence-corrected chi connectivity index (χ2v) is 7.16. The second-order valence-electron chi connectivity index (χ2n) is 7.16. The molecule has 144 valence electrons. The fraction of sp³-hybridized carbons (Fsp3) is 0.261. The number of nitrogens with zero attached hydrogens (tertiary/aromatic N) is 3. The Morgan fingerprint density at radius 3 is 2.57 bits per heavy atom. The summed E-state index contributed by atoms with van der Waals surface area (Å²) in [6.07, 6.45) is 7.68. The quantitative estimate of drug-likeness (QED) is 0.653. The van der Waals surface area contributed by atoms with Crippen molar-refractivity contribution < 1.29 is 4.79 Å². The van der Waals surface area contributed by atoms with Crippen LogP contribution in [0.5, 0.6) is 0 Å². The van der Waals surface area contributed by atoms with Crippen LogP contribution in [0.1, 0.15) is 41.3 Å². The number of likely N-dealkylation sites (N-methyl/N-ethyl adjacent to an activating group) is 1. The van der Waals surface area contributed by atoms with Crippen molar-refractivity contribution in [2.75, 3.05) is 18.9 Å². The van der Waals surface area contributed by atoms with Crippen LogP contribution in [0.2, 0.25) is 0 Å². The predicted octanol–water partition coefficient (Wildman–Crippen LogP) is 4.66. The van der Waals surface area contributed by atoms with E-state index in [1.165, 1.54) is 5.56 Å². The van der Waals surface area contributed by atoms with E-state index >= 15 is 0 Å². The van der Waals surface area contributed by atoms with Crippen LogP contribution in [0.4, 0.5) is 11.4 Å². The predicted molar refractivity (Wildman–Crippen MR) is 113 cm³/mol. The summed E-state index contributed by atoms with van der Waals surface area (Å²) < 4.78 is 0. The Morgan fingerprint density at radius 2 is 1.82 bits per heavy atom. The van der Waals surface area contributed by atoms with Gasteiger partial charge < -0.3 is 10.2 Å². The lowest BCUT2D eigenvalue weighted by atomic mass is 10.0. The maximum absolute atomic E-state index is 12.8. The van der Waals surface area contributed by atoms with Crippen molar-refractivity contribution in [1.29, 1.82) is 0 Å². The van der Waals surface area contributed by atoms with Gasteiger partial charge in [0, 0.05) is 37.9 Å². The van der Waals surface area contributed by atoms with E-state index in [9.17, 15) is 4.79 Å². The van der Waals surface area contributed by atoms with Gasteiger partial charge in [-0.3, -0.25) is 14.8 Å². The average Bonchev–Trinajstić information content (AvgIpc) is 2.72. The largest absolute Gasteiger partial charge is 0.354 e. The third-order valence-electron chi connectivity index (χ3n) is 4.68. The summed E-state index contributed by atoms with van der Waals surface area (Å²) in [5.74, 6) is 0.364. The van der Waals surface area contributed by atoms with Crippen molar-refractivity contribution in [3.63, 3.8) is 0 Å². The molecule has 1 aromatic carbocycles. The number of aromatic nitrogens is 2. The van der Waals surface area contributed by atoms with Crippen LogP contribution in [-0.2, 0) is 6.42 Å². The molecule has 0 unspecified atom stereocenters. The van der Waals surface area contributed by atoms with E-state index in [0.717, 1.165) is 23.4 Å². The van der Waals surface area contributed by atoms with Crippen molar-refractivity contribution in [1.82, 2.24) is 14.9 Å². The van der Waals surface area contributed by atoms with Gasteiger partial charge in [0.2, 0.25) is 0 Å². The van der Waals surface area contributed by atoms with Crippen LogP contribution in [0, 0.1) is 0 Å². The highest BCUT2D eigenvalue weighted by Crippen LogP contribution is 2.27. The van der Waals surface area contributed by atoms with E-state index in [1.807, 2.05) is 43.4 Å². The van der Waals surface area contributed by atoms with Crippen LogP contribution in [-0.4, -0.2) is 34.4 Å². The van der Waals surface area contributed by atoms with Gasteiger partial charge in [0.25, 0.3) is 5.91 Å². The second kappa shape index (κ2) is 9.13. The molecule has 5 nitrogen and oxygen atoms in total. The van der Waals surface area contributed by atoms with E-state index < -0.39 is 0 Å². The van der Waals surface area contributed by atoms with Gasteiger partial charge in [0.15, 0.2) is 0 Å². The monoisotopic (exact) mass is 374 g/mol. The molecule has 1 amide bonds. The number of amides is 1. The fourth-order valence-corrected chi connectivity index (χ4v) is 3.06. The first kappa shape index (κ1) is 19.5. The van der Waals surface area contributed by atoms with Crippen molar-refractivity contribution in [3.05, 3.63) is 83.9 Å². The Balaban J connectivity index is 1.69. The number of hydrogen-bond acceptors (Lipinski definition) is 4. The third-order valence-corrected chi connectivity index (χ3v) is 4.68. The number of para-hydroxylation sites is 1. The van der Waals surface area contributed by atoms with Crippen molar-refractivity contribution >= 4 is 17.3 Å². The molecule has 0 bridgehead atoms. The molecule has 0 saturated carbocycles. The first-order valence-corrected chi connectivity index (χ1v) is 9.50. The summed E-state index contributed by atoms with van der Waals surface area (Å²) in [5.41, 5.74) is 4.81. The number of benzene rings is 1. The lowest BCUT2D eigenvalue weighted by molar-refractivity contribution is 0.0796. The van der Waals surface area contributed by atoms with Gasteiger partial charge in [-0.05, 0) is 47.7 Å². The Labute approximate surface area is 166 Å². The number of carbonyl (C=O) groups excluding carboxylic acids is 1. The van der Waals surface area contributed by atoms with Crippen LogP contribution in [0.15, 0.2) is 67.3 Å². The number of rotatable bonds is 7. The van der Waals surface area contributed by atoms with Crippen LogP contribution >= 0.6 is 0 Å². The summed E-state index contributed by atoms with van der Waals surface area (Å²) in [6.45, 7) is 4.96. The molecule has 2 heterocycles. The average molecular weight is 374 g/mol. The first-order valence-electron chi connectivity index (χ1n) is 9.50. The summed E-state index contributed by atoms with van der Waals surface area (Å²) in [5, 5.41) is 3.41. The minimum absolute atomic E-state index is 0.0395. The molecular weight excluding hydrogens is 348 g/mol. The SMILES string of the molecule is CC(C)c1ccccc1Nc1cncc(C(=O)N(C)CCc2ccncc2)c1. The number of nitrogens with one attached hydrogen (secondary N) is 1. The zero-order chi connectivity index (χ0) is 19.9. The Bertz CT molecular complexity index is 925. The number of anilines is 2. The van der Waals surface area contributed by atoms with Gasteiger partial charge in [-0.1, -0.05) is 32.0 Å². The molecule has 3 rings (SSSR count). The van der Waals surface area contributed by atoms with Crippen molar-refractivity contribution in [2.45, 2.75) is 26.2 Å². The standard InChI is InChI=1S/C23H26N4O/c1-17(2)21-6-4-5-7-22(21)26-20-14-19(15-25-16-20)23(28)27(3)13-10-18-8-11-24-12-9-18/h4-9,11-12,14-17,26H,10,13H2,1-3H3. The molecular formula is C23H26N4O. The van der Waals surface area contributed by atoms with E-state index in [2.05, 4.69) is 35.2 Å². The Morgan fingerprint density at radius 1 is 1.07 bits per heavy atom. The summed E-state index contributed by atoms with van der Waals surface area (Å²) in [4.78, 5) is 22.8. The topological polar surface area (TPSA) is 58.1 Å². The van der Waals surface area contributed by atoms with Crippen molar-refractivity contribution in [3.8, 4) is 0 Å². The first-order chi connectivity index (χ1) is 13.5. The smallest absolute Gasteiger partial charge is 0.255 e. The minimum Gasteiger partial charge on any atom is -0.354 e. The summed E-state index contributed by atoms with van der Waals surface area (Å²) >= 11 is 0. The molecule has 0 spiro atoms. The van der Waals surface area contributed by atoms with Gasteiger partial charge in [-0.15, -0.1) is 0 Å². The Hall–Kier alpha value is -3.21. The third kappa shape index (κ3) is 4.94. The van der Waals surface area contributed by atoms with Gasteiger partial charge in [-0.25, -0.2) is 0 Å². The highest BCUT2D eigenvalue weighted by atomic mass is 16.2. The molecule has 2 aromatic heterocycles. The van der Waals surface area contributed by atoms with Crippen molar-refractivity contribution in [2.24, 2.45) is 0 Å². The van der Waals surface area contributed by atoms with Gasteiger partial charge in [0.1, 0.15) is 0 Å². The van der Waals surface area contributed by atoms with E-state index in [0.29, 0.717) is 18.0 Å². The number of pyridine rings is 2. The maximum atomic E-state index is 12.8. The van der Waals surface area contributed by atoms with Crippen LogP contribution in [0.3, 0.4) is 0 Å². The van der Waals surface area contributed by atoms with E-state index in [4.69, 9.17) is 0 Å². The zero-order valence-electron chi connectivity index (χ0n) is 16.6. The maximum Gasteiger partial charge on any atom is 0.255 e. The molecule has 28 heavy (non-hydrogen) atoms. The molecule has 0 radical (unpaired) electrons. The molecule has 3 aromatic rings. The highest BCUT2D eigenvalue weighted by molar-refractivity contribution is 5.94. The van der Waals surface area contributed by atoms with E-state index in [1.54, 1.807) is 29.7 Å². The lowest BCUT2D eigenvalue weighted by Crippen LogP contribution is -2.29.